The van der Waals surface area contributed by atoms with Crippen LogP contribution in [0, 0.1) is 5.92 Å². The van der Waals surface area contributed by atoms with Gasteiger partial charge >= 0.3 is 5.97 Å². The van der Waals surface area contributed by atoms with Crippen molar-refractivity contribution in [2.75, 3.05) is 12.4 Å². The molecular formula is C18H24N2O4. The first kappa shape index (κ1) is 18.0. The maximum atomic E-state index is 12.5. The number of methoxy groups -OCH3 is 1. The Morgan fingerprint density at radius 2 is 1.88 bits per heavy atom. The van der Waals surface area contributed by atoms with Crippen molar-refractivity contribution in [2.24, 2.45) is 5.92 Å². The highest BCUT2D eigenvalue weighted by atomic mass is 16.5. The summed E-state index contributed by atoms with van der Waals surface area (Å²) in [7, 11) is 1.34. The second-order valence-electron chi connectivity index (χ2n) is 6.13. The Morgan fingerprint density at radius 1 is 1.17 bits per heavy atom. The molecule has 0 spiro atoms. The van der Waals surface area contributed by atoms with E-state index in [0.29, 0.717) is 11.3 Å². The largest absolute Gasteiger partial charge is 0.467 e. The molecule has 2 rings (SSSR count). The topological polar surface area (TPSA) is 84.5 Å². The minimum absolute atomic E-state index is 0.105. The van der Waals surface area contributed by atoms with Gasteiger partial charge in [-0.2, -0.15) is 0 Å². The minimum Gasteiger partial charge on any atom is -0.467 e. The standard InChI is InChI=1S/C18H24N2O4/c1-12(21)19-15-10-6-9-14(11-15)17(22)20-16(18(23)24-2)13-7-4-3-5-8-13/h6,9-11,13,16H,3-5,7-8H2,1-2H3,(H,19,21)(H,20,22)/t16-/m0/s1. The van der Waals surface area contributed by atoms with Crippen molar-refractivity contribution in [3.63, 3.8) is 0 Å². The number of anilines is 1. The molecule has 2 N–H and O–H groups in total. The molecule has 6 nitrogen and oxygen atoms in total. The Balaban J connectivity index is 2.11. The third-order valence-corrected chi connectivity index (χ3v) is 4.31. The average molecular weight is 332 g/mol. The predicted molar refractivity (Wildman–Crippen MR) is 90.6 cm³/mol. The highest BCUT2D eigenvalue weighted by Crippen LogP contribution is 2.27. The fourth-order valence-corrected chi connectivity index (χ4v) is 3.13. The molecule has 0 aromatic heterocycles. The van der Waals surface area contributed by atoms with E-state index in [1.165, 1.54) is 14.0 Å². The van der Waals surface area contributed by atoms with Gasteiger partial charge in [0, 0.05) is 18.2 Å². The van der Waals surface area contributed by atoms with Crippen molar-refractivity contribution in [3.05, 3.63) is 29.8 Å². The zero-order valence-corrected chi connectivity index (χ0v) is 14.1. The molecule has 0 heterocycles. The number of ether oxygens (including phenoxy) is 1. The predicted octanol–water partition coefficient (Wildman–Crippen LogP) is 2.50. The molecule has 1 saturated carbocycles. The SMILES string of the molecule is COC(=O)[C@@H](NC(=O)c1cccc(NC(C)=O)c1)C1CCCCC1. The Hall–Kier alpha value is -2.37. The van der Waals surface area contributed by atoms with Crippen molar-refractivity contribution in [3.8, 4) is 0 Å². The molecule has 0 bridgehead atoms. The van der Waals surface area contributed by atoms with E-state index in [2.05, 4.69) is 10.6 Å². The molecular weight excluding hydrogens is 308 g/mol. The smallest absolute Gasteiger partial charge is 0.328 e. The van der Waals surface area contributed by atoms with E-state index in [1.54, 1.807) is 24.3 Å². The maximum absolute atomic E-state index is 12.5. The molecule has 0 saturated heterocycles. The third kappa shape index (κ3) is 4.81. The van der Waals surface area contributed by atoms with E-state index in [0.717, 1.165) is 32.1 Å². The van der Waals surface area contributed by atoms with Crippen LogP contribution in [-0.4, -0.2) is 30.9 Å². The summed E-state index contributed by atoms with van der Waals surface area (Å²) in [5.41, 5.74) is 0.938. The van der Waals surface area contributed by atoms with E-state index in [-0.39, 0.29) is 17.7 Å². The minimum atomic E-state index is -0.632. The van der Waals surface area contributed by atoms with Gasteiger partial charge in [0.05, 0.1) is 7.11 Å². The molecule has 1 aliphatic carbocycles. The van der Waals surface area contributed by atoms with Crippen LogP contribution < -0.4 is 10.6 Å². The van der Waals surface area contributed by atoms with Gasteiger partial charge in [-0.3, -0.25) is 9.59 Å². The first-order chi connectivity index (χ1) is 11.5. The Labute approximate surface area is 142 Å². The summed E-state index contributed by atoms with van der Waals surface area (Å²) in [4.78, 5) is 35.8. The number of hydrogen-bond donors (Lipinski definition) is 2. The van der Waals surface area contributed by atoms with Gasteiger partial charge in [-0.25, -0.2) is 4.79 Å². The Bertz CT molecular complexity index is 609. The summed E-state index contributed by atoms with van der Waals surface area (Å²) in [5.74, 6) is -0.854. The molecule has 24 heavy (non-hydrogen) atoms. The Morgan fingerprint density at radius 3 is 2.50 bits per heavy atom. The molecule has 1 aliphatic rings. The number of benzene rings is 1. The van der Waals surface area contributed by atoms with Crippen LogP contribution in [-0.2, 0) is 14.3 Å². The summed E-state index contributed by atoms with van der Waals surface area (Å²) >= 11 is 0. The van der Waals surface area contributed by atoms with Crippen LogP contribution in [0.5, 0.6) is 0 Å². The van der Waals surface area contributed by atoms with Crippen molar-refractivity contribution in [2.45, 2.75) is 45.1 Å². The molecule has 2 amide bonds. The van der Waals surface area contributed by atoms with Crippen LogP contribution in [0.3, 0.4) is 0 Å². The van der Waals surface area contributed by atoms with Gasteiger partial charge in [0.1, 0.15) is 6.04 Å². The normalized spacial score (nSPS) is 16.1. The van der Waals surface area contributed by atoms with Crippen LogP contribution in [0.4, 0.5) is 5.69 Å². The number of hydrogen-bond acceptors (Lipinski definition) is 4. The number of carbonyl (C=O) groups excluding carboxylic acids is 3. The lowest BCUT2D eigenvalue weighted by atomic mass is 9.83. The fraction of sp³-hybridized carbons (Fsp3) is 0.500. The molecule has 1 fully saturated rings. The van der Waals surface area contributed by atoms with Crippen LogP contribution in [0.1, 0.15) is 49.4 Å². The van der Waals surface area contributed by atoms with E-state index in [9.17, 15) is 14.4 Å². The fourth-order valence-electron chi connectivity index (χ4n) is 3.13. The van der Waals surface area contributed by atoms with Gasteiger partial charge in [-0.1, -0.05) is 25.3 Å². The zero-order valence-electron chi connectivity index (χ0n) is 14.1. The average Bonchev–Trinajstić information content (AvgIpc) is 2.59. The summed E-state index contributed by atoms with van der Waals surface area (Å²) in [5, 5.41) is 5.45. The molecule has 6 heteroatoms. The van der Waals surface area contributed by atoms with Crippen LogP contribution in [0.15, 0.2) is 24.3 Å². The van der Waals surface area contributed by atoms with E-state index in [1.807, 2.05) is 0 Å². The van der Waals surface area contributed by atoms with Crippen molar-refractivity contribution < 1.29 is 19.1 Å². The molecule has 0 aliphatic heterocycles. The number of amides is 2. The van der Waals surface area contributed by atoms with Crippen LogP contribution in [0.25, 0.3) is 0 Å². The summed E-state index contributed by atoms with van der Waals surface area (Å²) < 4.78 is 4.87. The molecule has 0 radical (unpaired) electrons. The lowest BCUT2D eigenvalue weighted by Crippen LogP contribution is -2.47. The van der Waals surface area contributed by atoms with Gasteiger partial charge in [0.25, 0.3) is 5.91 Å². The first-order valence-electron chi connectivity index (χ1n) is 8.27. The van der Waals surface area contributed by atoms with Crippen molar-refractivity contribution >= 4 is 23.5 Å². The molecule has 1 aromatic carbocycles. The third-order valence-electron chi connectivity index (χ3n) is 4.31. The Kier molecular flexibility index (Phi) is 6.35. The highest BCUT2D eigenvalue weighted by molar-refractivity contribution is 5.98. The number of nitrogens with one attached hydrogen (secondary N) is 2. The van der Waals surface area contributed by atoms with Gasteiger partial charge in [-0.05, 0) is 37.0 Å². The number of carbonyl (C=O) groups is 3. The van der Waals surface area contributed by atoms with E-state index >= 15 is 0 Å². The molecule has 0 unspecified atom stereocenters. The van der Waals surface area contributed by atoms with Crippen molar-refractivity contribution in [1.29, 1.82) is 0 Å². The second kappa shape index (κ2) is 8.47. The van der Waals surface area contributed by atoms with Crippen molar-refractivity contribution in [1.82, 2.24) is 5.32 Å². The van der Waals surface area contributed by atoms with Crippen LogP contribution in [0.2, 0.25) is 0 Å². The number of esters is 1. The molecule has 1 atom stereocenters. The van der Waals surface area contributed by atoms with Gasteiger partial charge in [0.2, 0.25) is 5.91 Å². The van der Waals surface area contributed by atoms with Gasteiger partial charge in [0.15, 0.2) is 0 Å². The lowest BCUT2D eigenvalue weighted by Gasteiger charge is -2.29. The maximum Gasteiger partial charge on any atom is 0.328 e. The number of rotatable bonds is 5. The van der Waals surface area contributed by atoms with Gasteiger partial charge in [-0.15, -0.1) is 0 Å². The lowest BCUT2D eigenvalue weighted by molar-refractivity contribution is -0.144. The molecule has 1 aromatic rings. The molecule has 130 valence electrons. The van der Waals surface area contributed by atoms with E-state index in [4.69, 9.17) is 4.74 Å². The highest BCUT2D eigenvalue weighted by Gasteiger charge is 2.31. The zero-order chi connectivity index (χ0) is 17.5. The summed E-state index contributed by atoms with van der Waals surface area (Å²) in [6.07, 6.45) is 5.10. The van der Waals surface area contributed by atoms with E-state index < -0.39 is 12.0 Å². The summed E-state index contributed by atoms with van der Waals surface area (Å²) in [6.45, 7) is 1.41. The second-order valence-corrected chi connectivity index (χ2v) is 6.13. The summed E-state index contributed by atoms with van der Waals surface area (Å²) in [6, 6.07) is 6.00. The van der Waals surface area contributed by atoms with Crippen LogP contribution >= 0.6 is 0 Å². The van der Waals surface area contributed by atoms with Gasteiger partial charge < -0.3 is 15.4 Å². The first-order valence-corrected chi connectivity index (χ1v) is 8.27. The monoisotopic (exact) mass is 332 g/mol. The quantitative estimate of drug-likeness (QED) is 0.811.